The summed E-state index contributed by atoms with van der Waals surface area (Å²) in [5, 5.41) is 1.16. The summed E-state index contributed by atoms with van der Waals surface area (Å²) in [5.41, 5.74) is 1.48. The van der Waals surface area contributed by atoms with Crippen LogP contribution in [0.25, 0.3) is 10.9 Å². The summed E-state index contributed by atoms with van der Waals surface area (Å²) in [4.78, 5) is 11.3. The highest BCUT2D eigenvalue weighted by Gasteiger charge is 2.33. The Morgan fingerprint density at radius 3 is 2.62 bits per heavy atom. The number of aromatic amines is 1. The number of rotatable bonds is 5. The van der Waals surface area contributed by atoms with Crippen molar-refractivity contribution in [3.8, 4) is 5.75 Å². The summed E-state index contributed by atoms with van der Waals surface area (Å²) in [7, 11) is 1.66. The number of halogens is 3. The Bertz CT molecular complexity index is 977. The monoisotopic (exact) mass is 404 g/mol. The van der Waals surface area contributed by atoms with Crippen molar-refractivity contribution in [2.24, 2.45) is 0 Å². The van der Waals surface area contributed by atoms with Crippen LogP contribution in [0.2, 0.25) is 0 Å². The number of hydrogen-bond acceptors (Lipinski definition) is 4. The first-order valence-electron chi connectivity index (χ1n) is 9.59. The molecule has 0 aliphatic carbocycles. The van der Waals surface area contributed by atoms with Gasteiger partial charge < -0.3 is 14.6 Å². The summed E-state index contributed by atoms with van der Waals surface area (Å²) in [5.74, 6) is 1.23. The van der Waals surface area contributed by atoms with Gasteiger partial charge in [-0.1, -0.05) is 6.07 Å². The van der Waals surface area contributed by atoms with Crippen LogP contribution in [0, 0.1) is 0 Å². The number of anilines is 1. The van der Waals surface area contributed by atoms with E-state index in [9.17, 15) is 13.2 Å². The zero-order chi connectivity index (χ0) is 20.4. The van der Waals surface area contributed by atoms with Crippen LogP contribution in [0.3, 0.4) is 0 Å². The first kappa shape index (κ1) is 19.6. The second-order valence-electron chi connectivity index (χ2n) is 7.18. The van der Waals surface area contributed by atoms with E-state index in [1.54, 1.807) is 13.2 Å². The summed E-state index contributed by atoms with van der Waals surface area (Å²) in [6.45, 7) is 3.81. The summed E-state index contributed by atoms with van der Waals surface area (Å²) in [6, 6.07) is 10.1. The Labute approximate surface area is 167 Å². The minimum absolute atomic E-state index is 0.392. The lowest BCUT2D eigenvalue weighted by Gasteiger charge is -2.35. The van der Waals surface area contributed by atoms with E-state index < -0.39 is 11.9 Å². The molecule has 1 fully saturated rings. The fourth-order valence-electron chi connectivity index (χ4n) is 3.73. The van der Waals surface area contributed by atoms with Crippen molar-refractivity contribution in [3.05, 3.63) is 53.9 Å². The van der Waals surface area contributed by atoms with Gasteiger partial charge in [0.1, 0.15) is 17.3 Å². The Balaban J connectivity index is 1.35. The van der Waals surface area contributed by atoms with E-state index >= 15 is 0 Å². The number of ether oxygens (including phenoxy) is 1. The number of hydrogen-bond donors (Lipinski definition) is 1. The van der Waals surface area contributed by atoms with Gasteiger partial charge in [-0.15, -0.1) is 0 Å². The van der Waals surface area contributed by atoms with Crippen molar-refractivity contribution in [3.63, 3.8) is 0 Å². The minimum atomic E-state index is -4.42. The minimum Gasteiger partial charge on any atom is -0.497 e. The average Bonchev–Trinajstić information content (AvgIpc) is 3.14. The van der Waals surface area contributed by atoms with Crippen LogP contribution in [0.1, 0.15) is 11.3 Å². The lowest BCUT2D eigenvalue weighted by molar-refractivity contribution is -0.141. The number of pyridine rings is 1. The van der Waals surface area contributed by atoms with Gasteiger partial charge in [0, 0.05) is 49.8 Å². The lowest BCUT2D eigenvalue weighted by atomic mass is 10.1. The third-order valence-electron chi connectivity index (χ3n) is 5.39. The fourth-order valence-corrected chi connectivity index (χ4v) is 3.73. The molecule has 0 radical (unpaired) electrons. The molecule has 0 amide bonds. The largest absolute Gasteiger partial charge is 0.497 e. The van der Waals surface area contributed by atoms with E-state index in [1.165, 1.54) is 11.6 Å². The van der Waals surface area contributed by atoms with Gasteiger partial charge in [-0.05, 0) is 42.3 Å². The summed E-state index contributed by atoms with van der Waals surface area (Å²) >= 11 is 0. The Kier molecular flexibility index (Phi) is 5.36. The lowest BCUT2D eigenvalue weighted by Crippen LogP contribution is -2.47. The quantitative estimate of drug-likeness (QED) is 0.699. The molecule has 3 heterocycles. The molecule has 1 aliphatic rings. The zero-order valence-electron chi connectivity index (χ0n) is 16.2. The fraction of sp³-hybridized carbons (Fsp3) is 0.381. The molecule has 0 bridgehead atoms. The molecule has 3 aromatic rings. The molecule has 0 unspecified atom stereocenters. The second-order valence-corrected chi connectivity index (χ2v) is 7.18. The van der Waals surface area contributed by atoms with Crippen LogP contribution < -0.4 is 9.64 Å². The predicted molar refractivity (Wildman–Crippen MR) is 106 cm³/mol. The highest BCUT2D eigenvalue weighted by Crippen LogP contribution is 2.29. The third-order valence-corrected chi connectivity index (χ3v) is 5.39. The number of alkyl halides is 3. The molecule has 8 heteroatoms. The average molecular weight is 404 g/mol. The molecule has 0 saturated carbocycles. The number of benzene rings is 1. The molecular weight excluding hydrogens is 381 g/mol. The van der Waals surface area contributed by atoms with Crippen molar-refractivity contribution in [1.82, 2.24) is 14.9 Å². The van der Waals surface area contributed by atoms with Crippen molar-refractivity contribution in [1.29, 1.82) is 0 Å². The van der Waals surface area contributed by atoms with Gasteiger partial charge in [0.25, 0.3) is 0 Å². The maximum Gasteiger partial charge on any atom is 0.433 e. The predicted octanol–water partition coefficient (Wildman–Crippen LogP) is 3.96. The van der Waals surface area contributed by atoms with Crippen molar-refractivity contribution in [2.75, 3.05) is 44.7 Å². The molecule has 5 nitrogen and oxygen atoms in total. The first-order chi connectivity index (χ1) is 13.9. The second kappa shape index (κ2) is 7.94. The van der Waals surface area contributed by atoms with Crippen LogP contribution in [-0.4, -0.2) is 54.7 Å². The van der Waals surface area contributed by atoms with Crippen molar-refractivity contribution < 1.29 is 17.9 Å². The molecule has 0 spiro atoms. The molecule has 2 aromatic heterocycles. The molecule has 154 valence electrons. The summed E-state index contributed by atoms with van der Waals surface area (Å²) < 4.78 is 44.0. The topological polar surface area (TPSA) is 44.4 Å². The number of H-pyrrole nitrogens is 1. The Morgan fingerprint density at radius 1 is 1.10 bits per heavy atom. The van der Waals surface area contributed by atoms with E-state index in [0.29, 0.717) is 18.9 Å². The maximum absolute atomic E-state index is 12.9. The van der Waals surface area contributed by atoms with Gasteiger partial charge in [0.2, 0.25) is 0 Å². The molecule has 4 rings (SSSR count). The molecule has 29 heavy (non-hydrogen) atoms. The van der Waals surface area contributed by atoms with E-state index in [0.717, 1.165) is 48.8 Å². The molecule has 0 atom stereocenters. The number of nitrogens with zero attached hydrogens (tertiary/aromatic N) is 3. The van der Waals surface area contributed by atoms with Crippen LogP contribution in [0.5, 0.6) is 5.75 Å². The van der Waals surface area contributed by atoms with E-state index in [1.807, 2.05) is 29.3 Å². The smallest absolute Gasteiger partial charge is 0.433 e. The number of piperazine rings is 1. The molecule has 1 aliphatic heterocycles. The van der Waals surface area contributed by atoms with E-state index in [4.69, 9.17) is 4.74 Å². The number of nitrogens with one attached hydrogen (secondary N) is 1. The van der Waals surface area contributed by atoms with Crippen LogP contribution in [0.15, 0.2) is 42.6 Å². The van der Waals surface area contributed by atoms with Gasteiger partial charge >= 0.3 is 6.18 Å². The van der Waals surface area contributed by atoms with Gasteiger partial charge in [-0.25, -0.2) is 4.98 Å². The first-order valence-corrected chi connectivity index (χ1v) is 9.59. The maximum atomic E-state index is 12.9. The van der Waals surface area contributed by atoms with Gasteiger partial charge in [-0.2, -0.15) is 13.2 Å². The number of aromatic nitrogens is 2. The van der Waals surface area contributed by atoms with Crippen molar-refractivity contribution >= 4 is 16.7 Å². The van der Waals surface area contributed by atoms with Gasteiger partial charge in [-0.3, -0.25) is 4.90 Å². The molecule has 1 aromatic carbocycles. The van der Waals surface area contributed by atoms with Gasteiger partial charge in [0.15, 0.2) is 0 Å². The Hall–Kier alpha value is -2.74. The highest BCUT2D eigenvalue weighted by molar-refractivity contribution is 5.84. The van der Waals surface area contributed by atoms with Crippen LogP contribution in [-0.2, 0) is 12.6 Å². The molecular formula is C21H23F3N4O. The standard InChI is InChI=1S/C21H23F3N4O/c1-29-16-5-6-18-17(13-16)15(14-25-18)7-8-27-9-11-28(12-10-27)20-4-2-3-19(26-20)21(22,23)24/h2-6,13-14,25H,7-12H2,1H3. The Morgan fingerprint density at radius 2 is 1.90 bits per heavy atom. The highest BCUT2D eigenvalue weighted by atomic mass is 19.4. The third kappa shape index (κ3) is 4.32. The van der Waals surface area contributed by atoms with E-state index in [2.05, 4.69) is 14.9 Å². The zero-order valence-corrected chi connectivity index (χ0v) is 16.2. The molecule has 1 N–H and O–H groups in total. The van der Waals surface area contributed by atoms with E-state index in [-0.39, 0.29) is 0 Å². The SMILES string of the molecule is COc1ccc2[nH]cc(CCN3CCN(c4cccc(C(F)(F)F)n4)CC3)c2c1. The number of methoxy groups -OCH3 is 1. The van der Waals surface area contributed by atoms with Crippen molar-refractivity contribution in [2.45, 2.75) is 12.6 Å². The van der Waals surface area contributed by atoms with Gasteiger partial charge in [0.05, 0.1) is 7.11 Å². The van der Waals surface area contributed by atoms with Crippen LogP contribution in [0.4, 0.5) is 19.0 Å². The summed E-state index contributed by atoms with van der Waals surface area (Å²) in [6.07, 6.45) is -1.48. The number of fused-ring (bicyclic) bond motifs is 1. The van der Waals surface area contributed by atoms with Crippen LogP contribution >= 0.6 is 0 Å². The molecule has 1 saturated heterocycles. The normalized spacial score (nSPS) is 15.8.